The second-order valence-corrected chi connectivity index (χ2v) is 7.78. The van der Waals surface area contributed by atoms with Gasteiger partial charge in [-0.2, -0.15) is 0 Å². The van der Waals surface area contributed by atoms with E-state index >= 15 is 0 Å². The predicted molar refractivity (Wildman–Crippen MR) is 131 cm³/mol. The van der Waals surface area contributed by atoms with Gasteiger partial charge in [0.05, 0.1) is 19.8 Å². The number of rotatable bonds is 7. The van der Waals surface area contributed by atoms with E-state index in [0.717, 1.165) is 0 Å². The molecule has 4 rings (SSSR count). The molecule has 0 aromatic heterocycles. The number of morpholine rings is 1. The zero-order valence-corrected chi connectivity index (χ0v) is 18.6. The van der Waals surface area contributed by atoms with Crippen LogP contribution in [-0.2, 0) is 9.53 Å². The van der Waals surface area contributed by atoms with E-state index in [2.05, 4.69) is 16.0 Å². The van der Waals surface area contributed by atoms with Gasteiger partial charge in [0, 0.05) is 41.3 Å². The van der Waals surface area contributed by atoms with E-state index in [1.165, 1.54) is 0 Å². The van der Waals surface area contributed by atoms with Gasteiger partial charge in [0.25, 0.3) is 11.8 Å². The van der Waals surface area contributed by atoms with Crippen molar-refractivity contribution >= 4 is 34.8 Å². The Bertz CT molecular complexity index is 1140. The third kappa shape index (κ3) is 6.20. The van der Waals surface area contributed by atoms with Gasteiger partial charge in [-0.15, -0.1) is 0 Å². The topological polar surface area (TPSA) is 99.8 Å². The molecule has 1 heterocycles. The molecule has 0 unspecified atom stereocenters. The molecule has 3 aromatic rings. The average molecular weight is 459 g/mol. The van der Waals surface area contributed by atoms with Gasteiger partial charge in [0.15, 0.2) is 0 Å². The summed E-state index contributed by atoms with van der Waals surface area (Å²) in [6, 6.07) is 23.0. The molecular weight excluding hydrogens is 432 g/mol. The van der Waals surface area contributed by atoms with E-state index < -0.39 is 0 Å². The van der Waals surface area contributed by atoms with Crippen molar-refractivity contribution < 1.29 is 19.1 Å². The molecule has 1 aliphatic rings. The van der Waals surface area contributed by atoms with Crippen LogP contribution in [0, 0.1) is 0 Å². The van der Waals surface area contributed by atoms with Crippen molar-refractivity contribution in [1.29, 1.82) is 0 Å². The molecule has 1 saturated heterocycles. The van der Waals surface area contributed by atoms with E-state index in [0.29, 0.717) is 54.5 Å². The normalized spacial score (nSPS) is 13.1. The number of nitrogens with zero attached hydrogens (tertiary/aromatic N) is 1. The van der Waals surface area contributed by atoms with Gasteiger partial charge >= 0.3 is 0 Å². The molecule has 8 heteroatoms. The van der Waals surface area contributed by atoms with Crippen LogP contribution < -0.4 is 16.0 Å². The summed E-state index contributed by atoms with van der Waals surface area (Å²) < 4.78 is 5.28. The zero-order chi connectivity index (χ0) is 23.8. The van der Waals surface area contributed by atoms with Crippen LogP contribution in [0.5, 0.6) is 0 Å². The van der Waals surface area contributed by atoms with Crippen molar-refractivity contribution in [3.63, 3.8) is 0 Å². The Morgan fingerprint density at radius 3 is 2.18 bits per heavy atom. The molecule has 3 aromatic carbocycles. The minimum atomic E-state index is -0.231. The summed E-state index contributed by atoms with van der Waals surface area (Å²) in [5.74, 6) is -0.473. The largest absolute Gasteiger partial charge is 0.378 e. The summed E-state index contributed by atoms with van der Waals surface area (Å²) in [6.45, 7) is 2.31. The van der Waals surface area contributed by atoms with Gasteiger partial charge in [0.2, 0.25) is 5.91 Å². The Labute approximate surface area is 197 Å². The molecule has 0 bridgehead atoms. The van der Waals surface area contributed by atoms with Gasteiger partial charge in [-0.1, -0.05) is 24.3 Å². The minimum Gasteiger partial charge on any atom is -0.378 e. The molecule has 0 radical (unpaired) electrons. The molecule has 3 amide bonds. The first-order chi connectivity index (χ1) is 16.6. The van der Waals surface area contributed by atoms with Gasteiger partial charge in [-0.25, -0.2) is 0 Å². The fourth-order valence-electron chi connectivity index (χ4n) is 3.53. The Kier molecular flexibility index (Phi) is 7.52. The molecule has 0 spiro atoms. The molecular formula is C26H26N4O4. The lowest BCUT2D eigenvalue weighted by molar-refractivity contribution is -0.114. The van der Waals surface area contributed by atoms with Crippen LogP contribution in [0.1, 0.15) is 20.7 Å². The Hall–Kier alpha value is -4.17. The summed E-state index contributed by atoms with van der Waals surface area (Å²) in [5, 5.41) is 8.71. The van der Waals surface area contributed by atoms with Crippen LogP contribution in [0.15, 0.2) is 78.9 Å². The standard InChI is InChI=1S/C26H26N4O4/c31-24(28-21-11-9-20(10-12-21)26(33)30-13-15-34-16-14-30)18-27-22-7-4-8-23(17-22)29-25(32)19-5-2-1-3-6-19/h1-12,17,27H,13-16,18H2,(H,28,31)(H,29,32). The van der Waals surface area contributed by atoms with Gasteiger partial charge in [-0.3, -0.25) is 14.4 Å². The number of carbonyl (C=O) groups is 3. The van der Waals surface area contributed by atoms with Crippen molar-refractivity contribution in [1.82, 2.24) is 4.90 Å². The van der Waals surface area contributed by atoms with Crippen LogP contribution in [0.25, 0.3) is 0 Å². The maximum Gasteiger partial charge on any atom is 0.255 e. The van der Waals surface area contributed by atoms with Crippen molar-refractivity contribution in [2.45, 2.75) is 0 Å². The molecule has 0 saturated carbocycles. The highest BCUT2D eigenvalue weighted by atomic mass is 16.5. The summed E-state index contributed by atoms with van der Waals surface area (Å²) in [5.41, 5.74) is 3.08. The smallest absolute Gasteiger partial charge is 0.255 e. The van der Waals surface area contributed by atoms with Gasteiger partial charge in [-0.05, 0) is 54.6 Å². The van der Waals surface area contributed by atoms with E-state index in [4.69, 9.17) is 4.74 Å². The predicted octanol–water partition coefficient (Wildman–Crippen LogP) is 3.46. The highest BCUT2D eigenvalue weighted by molar-refractivity contribution is 6.04. The molecule has 34 heavy (non-hydrogen) atoms. The Morgan fingerprint density at radius 1 is 0.735 bits per heavy atom. The second kappa shape index (κ2) is 11.1. The third-order valence-corrected chi connectivity index (χ3v) is 5.32. The van der Waals surface area contributed by atoms with Crippen LogP contribution in [0.3, 0.4) is 0 Å². The summed E-state index contributed by atoms with van der Waals surface area (Å²) in [6.07, 6.45) is 0. The number of amides is 3. The van der Waals surface area contributed by atoms with Gasteiger partial charge < -0.3 is 25.6 Å². The maximum atomic E-state index is 12.5. The lowest BCUT2D eigenvalue weighted by Crippen LogP contribution is -2.40. The highest BCUT2D eigenvalue weighted by Gasteiger charge is 2.18. The van der Waals surface area contributed by atoms with Gasteiger partial charge in [0.1, 0.15) is 0 Å². The number of carbonyl (C=O) groups excluding carboxylic acids is 3. The quantitative estimate of drug-likeness (QED) is 0.504. The minimum absolute atomic E-state index is 0.0397. The average Bonchev–Trinajstić information content (AvgIpc) is 2.89. The lowest BCUT2D eigenvalue weighted by atomic mass is 10.1. The number of nitrogens with one attached hydrogen (secondary N) is 3. The summed E-state index contributed by atoms with van der Waals surface area (Å²) >= 11 is 0. The lowest BCUT2D eigenvalue weighted by Gasteiger charge is -2.26. The van der Waals surface area contributed by atoms with Crippen molar-refractivity contribution in [3.8, 4) is 0 Å². The number of hydrogen-bond acceptors (Lipinski definition) is 5. The molecule has 0 aliphatic carbocycles. The van der Waals surface area contributed by atoms with E-state index in [9.17, 15) is 14.4 Å². The first-order valence-corrected chi connectivity index (χ1v) is 11.1. The number of benzene rings is 3. The highest BCUT2D eigenvalue weighted by Crippen LogP contribution is 2.17. The fourth-order valence-corrected chi connectivity index (χ4v) is 3.53. The third-order valence-electron chi connectivity index (χ3n) is 5.32. The molecule has 0 atom stereocenters. The first kappa shape index (κ1) is 23.0. The molecule has 1 aliphatic heterocycles. The molecule has 8 nitrogen and oxygen atoms in total. The van der Waals surface area contributed by atoms with E-state index in [1.807, 2.05) is 12.1 Å². The van der Waals surface area contributed by atoms with Crippen molar-refractivity contribution in [2.24, 2.45) is 0 Å². The SMILES string of the molecule is O=C(CNc1cccc(NC(=O)c2ccccc2)c1)Nc1ccc(C(=O)N2CCOCC2)cc1. The van der Waals surface area contributed by atoms with E-state index in [1.54, 1.807) is 71.6 Å². The monoisotopic (exact) mass is 458 g/mol. The van der Waals surface area contributed by atoms with E-state index in [-0.39, 0.29) is 24.3 Å². The fraction of sp³-hybridized carbons (Fsp3) is 0.192. The van der Waals surface area contributed by atoms with Crippen LogP contribution in [-0.4, -0.2) is 55.5 Å². The number of anilines is 3. The number of ether oxygens (including phenoxy) is 1. The summed E-state index contributed by atoms with van der Waals surface area (Å²) in [7, 11) is 0. The maximum absolute atomic E-state index is 12.5. The Balaban J connectivity index is 1.27. The first-order valence-electron chi connectivity index (χ1n) is 11.1. The van der Waals surface area contributed by atoms with Crippen molar-refractivity contribution in [2.75, 3.05) is 48.8 Å². The van der Waals surface area contributed by atoms with Crippen molar-refractivity contribution in [3.05, 3.63) is 90.0 Å². The Morgan fingerprint density at radius 2 is 1.44 bits per heavy atom. The van der Waals surface area contributed by atoms with Crippen LogP contribution in [0.2, 0.25) is 0 Å². The molecule has 174 valence electrons. The summed E-state index contributed by atoms with van der Waals surface area (Å²) in [4.78, 5) is 39.0. The zero-order valence-electron chi connectivity index (χ0n) is 18.6. The molecule has 3 N–H and O–H groups in total. The van der Waals surface area contributed by atoms with Crippen LogP contribution >= 0.6 is 0 Å². The molecule has 1 fully saturated rings. The number of hydrogen-bond donors (Lipinski definition) is 3. The second-order valence-electron chi connectivity index (χ2n) is 7.78. The van der Waals surface area contributed by atoms with Crippen LogP contribution in [0.4, 0.5) is 17.1 Å².